The van der Waals surface area contributed by atoms with Crippen LogP contribution in [-0.4, -0.2) is 34.2 Å². The molecule has 28 heavy (non-hydrogen) atoms. The van der Waals surface area contributed by atoms with Crippen LogP contribution in [0.2, 0.25) is 0 Å². The molecule has 1 unspecified atom stereocenters. The van der Waals surface area contributed by atoms with Crippen molar-refractivity contribution in [2.75, 3.05) is 11.9 Å². The average molecular weight is 447 g/mol. The van der Waals surface area contributed by atoms with Gasteiger partial charge in [-0.3, -0.25) is 24.6 Å². The second-order valence-electron chi connectivity index (χ2n) is 6.28. The third-order valence-electron chi connectivity index (χ3n) is 4.33. The molecule has 0 bridgehead atoms. The van der Waals surface area contributed by atoms with Gasteiger partial charge in [0.15, 0.2) is 0 Å². The third kappa shape index (κ3) is 3.58. The van der Waals surface area contributed by atoms with E-state index in [1.165, 1.54) is 24.3 Å². The summed E-state index contributed by atoms with van der Waals surface area (Å²) in [5.41, 5.74) is -0.743. The Hall–Kier alpha value is -3.27. The molecule has 2 aromatic carbocycles. The fourth-order valence-electron chi connectivity index (χ4n) is 2.93. The van der Waals surface area contributed by atoms with E-state index in [4.69, 9.17) is 0 Å². The number of nitro groups is 1. The van der Waals surface area contributed by atoms with Crippen LogP contribution in [0.25, 0.3) is 0 Å². The number of benzene rings is 2. The van der Waals surface area contributed by atoms with Gasteiger partial charge < -0.3 is 10.6 Å². The Labute approximate surface area is 168 Å². The molecule has 1 saturated heterocycles. The van der Waals surface area contributed by atoms with Crippen LogP contribution < -0.4 is 10.6 Å². The van der Waals surface area contributed by atoms with Gasteiger partial charge in [-0.1, -0.05) is 40.2 Å². The van der Waals surface area contributed by atoms with E-state index in [0.29, 0.717) is 10.0 Å². The molecule has 2 aromatic rings. The smallest absolute Gasteiger partial charge is 0.324 e. The number of nitro benzene ring substituents is 1. The summed E-state index contributed by atoms with van der Waals surface area (Å²) in [6, 6.07) is 11.6. The van der Waals surface area contributed by atoms with Crippen LogP contribution in [0.4, 0.5) is 16.2 Å². The van der Waals surface area contributed by atoms with Gasteiger partial charge in [-0.05, 0) is 19.1 Å². The molecule has 1 atom stereocenters. The lowest BCUT2D eigenvalue weighted by Crippen LogP contribution is -2.42. The number of imide groups is 1. The van der Waals surface area contributed by atoms with Gasteiger partial charge in [0.1, 0.15) is 12.1 Å². The van der Waals surface area contributed by atoms with Gasteiger partial charge in [0, 0.05) is 27.9 Å². The van der Waals surface area contributed by atoms with Gasteiger partial charge in [-0.15, -0.1) is 0 Å². The molecule has 144 valence electrons. The highest BCUT2D eigenvalue weighted by atomic mass is 79.9. The number of rotatable bonds is 5. The van der Waals surface area contributed by atoms with Gasteiger partial charge in [-0.25, -0.2) is 4.79 Å². The number of urea groups is 1. The molecular weight excluding hydrogens is 432 g/mol. The normalized spacial score (nSPS) is 18.7. The number of hydrogen-bond donors (Lipinski definition) is 2. The van der Waals surface area contributed by atoms with Gasteiger partial charge >= 0.3 is 6.03 Å². The molecule has 0 saturated carbocycles. The van der Waals surface area contributed by atoms with Gasteiger partial charge in [0.05, 0.1) is 4.92 Å². The third-order valence-corrected chi connectivity index (χ3v) is 5.02. The van der Waals surface area contributed by atoms with Crippen LogP contribution >= 0.6 is 15.9 Å². The number of non-ortho nitro benzene ring substituents is 1. The van der Waals surface area contributed by atoms with E-state index >= 15 is 0 Å². The van der Waals surface area contributed by atoms with Crippen molar-refractivity contribution in [3.8, 4) is 0 Å². The Kier molecular flexibility index (Phi) is 5.14. The maximum absolute atomic E-state index is 12.9. The van der Waals surface area contributed by atoms with Crippen LogP contribution in [0.15, 0.2) is 53.0 Å². The monoisotopic (exact) mass is 446 g/mol. The van der Waals surface area contributed by atoms with E-state index in [2.05, 4.69) is 26.6 Å². The summed E-state index contributed by atoms with van der Waals surface area (Å²) in [5.74, 6) is -1.22. The predicted octanol–water partition coefficient (Wildman–Crippen LogP) is 2.76. The molecule has 1 fully saturated rings. The Morgan fingerprint density at radius 1 is 1.25 bits per heavy atom. The molecule has 0 aliphatic carbocycles. The van der Waals surface area contributed by atoms with Crippen molar-refractivity contribution < 1.29 is 19.3 Å². The highest BCUT2D eigenvalue weighted by Crippen LogP contribution is 2.33. The predicted molar refractivity (Wildman–Crippen MR) is 103 cm³/mol. The Balaban J connectivity index is 1.76. The van der Waals surface area contributed by atoms with Crippen LogP contribution in [0, 0.1) is 10.1 Å². The molecule has 10 heteroatoms. The molecule has 2 N–H and O–H groups in total. The van der Waals surface area contributed by atoms with E-state index in [1.54, 1.807) is 31.2 Å². The van der Waals surface area contributed by atoms with E-state index in [-0.39, 0.29) is 11.4 Å². The zero-order chi connectivity index (χ0) is 20.5. The Bertz CT molecular complexity index is 995. The number of carbonyl (C=O) groups is 3. The summed E-state index contributed by atoms with van der Waals surface area (Å²) in [6.45, 7) is 1.04. The minimum Gasteiger partial charge on any atom is -0.324 e. The lowest BCUT2D eigenvalue weighted by Gasteiger charge is -2.23. The fraction of sp³-hybridized carbons (Fsp3) is 0.167. The molecule has 1 aliphatic heterocycles. The number of hydrogen-bond acceptors (Lipinski definition) is 5. The zero-order valence-corrected chi connectivity index (χ0v) is 16.2. The van der Waals surface area contributed by atoms with E-state index in [1.807, 2.05) is 0 Å². The van der Waals surface area contributed by atoms with Crippen molar-refractivity contribution in [1.29, 1.82) is 0 Å². The molecule has 4 amide bonds. The number of anilines is 1. The van der Waals surface area contributed by atoms with Gasteiger partial charge in [-0.2, -0.15) is 0 Å². The quantitative estimate of drug-likeness (QED) is 0.415. The largest absolute Gasteiger partial charge is 0.325 e. The highest BCUT2D eigenvalue weighted by molar-refractivity contribution is 9.10. The van der Waals surface area contributed by atoms with E-state index < -0.39 is 34.9 Å². The summed E-state index contributed by atoms with van der Waals surface area (Å²) in [4.78, 5) is 48.5. The second-order valence-corrected chi connectivity index (χ2v) is 7.14. The van der Waals surface area contributed by atoms with Crippen molar-refractivity contribution in [2.24, 2.45) is 0 Å². The average Bonchev–Trinajstić information content (AvgIpc) is 2.86. The van der Waals surface area contributed by atoms with E-state index in [9.17, 15) is 24.5 Å². The van der Waals surface area contributed by atoms with Crippen molar-refractivity contribution in [3.05, 3.63) is 68.7 Å². The Morgan fingerprint density at radius 2 is 1.96 bits per heavy atom. The lowest BCUT2D eigenvalue weighted by atomic mass is 9.92. The summed E-state index contributed by atoms with van der Waals surface area (Å²) in [7, 11) is 0. The molecule has 3 rings (SSSR count). The first-order valence-corrected chi connectivity index (χ1v) is 8.95. The van der Waals surface area contributed by atoms with Crippen LogP contribution in [0.1, 0.15) is 12.5 Å². The molecule has 1 aliphatic rings. The Morgan fingerprint density at radius 3 is 2.64 bits per heavy atom. The standard InChI is InChI=1S/C18H15BrN4O5/c1-18(13-7-2-3-8-14(13)19)16(25)22(17(26)21-18)10-15(24)20-11-5-4-6-12(9-11)23(27)28/h2-9H,10H2,1H3,(H,20,24)(H,21,26). The fourth-order valence-corrected chi connectivity index (χ4v) is 3.61. The number of carbonyl (C=O) groups excluding carboxylic acids is 3. The number of nitrogens with one attached hydrogen (secondary N) is 2. The zero-order valence-electron chi connectivity index (χ0n) is 14.6. The summed E-state index contributed by atoms with van der Waals surface area (Å²) >= 11 is 3.37. The van der Waals surface area contributed by atoms with Crippen molar-refractivity contribution in [3.63, 3.8) is 0 Å². The number of halogens is 1. The number of amides is 4. The molecule has 1 heterocycles. The molecule has 0 aromatic heterocycles. The molecule has 0 spiro atoms. The minimum atomic E-state index is -1.32. The topological polar surface area (TPSA) is 122 Å². The van der Waals surface area contributed by atoms with Crippen LogP contribution in [-0.2, 0) is 15.1 Å². The molecular formula is C18H15BrN4O5. The minimum absolute atomic E-state index is 0.186. The maximum Gasteiger partial charge on any atom is 0.325 e. The van der Waals surface area contributed by atoms with E-state index in [0.717, 1.165) is 4.90 Å². The first-order valence-electron chi connectivity index (χ1n) is 8.16. The first-order chi connectivity index (χ1) is 13.2. The van der Waals surface area contributed by atoms with Crippen molar-refractivity contribution in [1.82, 2.24) is 10.2 Å². The van der Waals surface area contributed by atoms with Crippen molar-refractivity contribution in [2.45, 2.75) is 12.5 Å². The van der Waals surface area contributed by atoms with Gasteiger partial charge in [0.2, 0.25) is 5.91 Å². The lowest BCUT2D eigenvalue weighted by molar-refractivity contribution is -0.384. The van der Waals surface area contributed by atoms with Crippen LogP contribution in [0.3, 0.4) is 0 Å². The summed E-state index contributed by atoms with van der Waals surface area (Å²) in [6.07, 6.45) is 0. The SMILES string of the molecule is CC1(c2ccccc2Br)NC(=O)N(CC(=O)Nc2cccc([N+](=O)[O-])c2)C1=O. The first kappa shape index (κ1) is 19.5. The maximum atomic E-state index is 12.9. The molecule has 9 nitrogen and oxygen atoms in total. The highest BCUT2D eigenvalue weighted by Gasteiger charge is 2.50. The summed E-state index contributed by atoms with van der Waals surface area (Å²) < 4.78 is 0.647. The summed E-state index contributed by atoms with van der Waals surface area (Å²) in [5, 5.41) is 15.9. The van der Waals surface area contributed by atoms with Crippen LogP contribution in [0.5, 0.6) is 0 Å². The second kappa shape index (κ2) is 7.39. The molecule has 0 radical (unpaired) electrons. The van der Waals surface area contributed by atoms with Gasteiger partial charge in [0.25, 0.3) is 11.6 Å². The van der Waals surface area contributed by atoms with Crippen molar-refractivity contribution >= 4 is 45.2 Å². The number of nitrogens with zero attached hydrogens (tertiary/aromatic N) is 2.